The molecule has 4 rings (SSSR count). The van der Waals surface area contributed by atoms with E-state index >= 15 is 0 Å². The van der Waals surface area contributed by atoms with E-state index in [9.17, 15) is 14.3 Å². The van der Waals surface area contributed by atoms with E-state index in [1.165, 1.54) is 24.3 Å². The van der Waals surface area contributed by atoms with Gasteiger partial charge in [-0.05, 0) is 79.6 Å². The summed E-state index contributed by atoms with van der Waals surface area (Å²) in [4.78, 5) is 16.8. The molecule has 1 heterocycles. The number of ether oxygens (including phenoxy) is 1. The van der Waals surface area contributed by atoms with Crippen molar-refractivity contribution in [3.05, 3.63) is 77.1 Å². The molecule has 0 amide bonds. The minimum Gasteiger partial charge on any atom is -0.507 e. The number of phenolic OH excluding ortho intramolecular Hbond substituents is 1. The number of rotatable bonds is 3. The number of carbonyl (C=O) groups excluding carboxylic acids is 1. The summed E-state index contributed by atoms with van der Waals surface area (Å²) in [5.41, 5.74) is 3.50. The summed E-state index contributed by atoms with van der Waals surface area (Å²) in [6.45, 7) is 3.61. The first kappa shape index (κ1) is 17.7. The van der Waals surface area contributed by atoms with Crippen molar-refractivity contribution < 1.29 is 23.4 Å². The third-order valence-corrected chi connectivity index (χ3v) is 4.39. The van der Waals surface area contributed by atoms with E-state index in [4.69, 9.17) is 9.15 Å². The highest BCUT2D eigenvalue weighted by atomic mass is 19.1. The maximum Gasteiger partial charge on any atom is 0.343 e. The molecular formula is C22H16FNO4. The van der Waals surface area contributed by atoms with Crippen LogP contribution in [0, 0.1) is 19.7 Å². The van der Waals surface area contributed by atoms with Crippen molar-refractivity contribution in [2.45, 2.75) is 13.8 Å². The second kappa shape index (κ2) is 6.81. The van der Waals surface area contributed by atoms with Crippen molar-refractivity contribution in [3.63, 3.8) is 0 Å². The van der Waals surface area contributed by atoms with Gasteiger partial charge in [-0.2, -0.15) is 0 Å². The van der Waals surface area contributed by atoms with Crippen LogP contribution in [0.2, 0.25) is 0 Å². The lowest BCUT2D eigenvalue weighted by Gasteiger charge is -2.04. The smallest absolute Gasteiger partial charge is 0.343 e. The van der Waals surface area contributed by atoms with Crippen LogP contribution >= 0.6 is 0 Å². The van der Waals surface area contributed by atoms with Crippen molar-refractivity contribution in [3.8, 4) is 23.0 Å². The topological polar surface area (TPSA) is 72.6 Å². The summed E-state index contributed by atoms with van der Waals surface area (Å²) in [6.07, 6.45) is 0. The van der Waals surface area contributed by atoms with Crippen LogP contribution in [0.1, 0.15) is 21.5 Å². The molecule has 1 N–H and O–H groups in total. The number of oxazole rings is 1. The van der Waals surface area contributed by atoms with Gasteiger partial charge in [0.15, 0.2) is 5.58 Å². The molecule has 0 radical (unpaired) electrons. The van der Waals surface area contributed by atoms with E-state index in [-0.39, 0.29) is 17.1 Å². The zero-order valence-electron chi connectivity index (χ0n) is 15.2. The molecule has 0 saturated carbocycles. The number of aryl methyl sites for hydroxylation is 2. The van der Waals surface area contributed by atoms with Crippen molar-refractivity contribution in [1.29, 1.82) is 0 Å². The molecule has 0 aliphatic rings. The molecule has 28 heavy (non-hydrogen) atoms. The predicted octanol–water partition coefficient (Wildman–Crippen LogP) is 5.18. The Bertz CT molecular complexity index is 1170. The summed E-state index contributed by atoms with van der Waals surface area (Å²) in [5.74, 6) is -0.103. The minimum atomic E-state index is -0.581. The molecule has 0 fully saturated rings. The molecule has 1 aromatic heterocycles. The van der Waals surface area contributed by atoms with Crippen LogP contribution in [-0.2, 0) is 0 Å². The highest BCUT2D eigenvalue weighted by Gasteiger charge is 2.15. The number of carbonyl (C=O) groups is 1. The normalized spacial score (nSPS) is 11.0. The molecular weight excluding hydrogens is 361 g/mol. The van der Waals surface area contributed by atoms with Crippen LogP contribution in [-0.4, -0.2) is 16.1 Å². The standard InChI is InChI=1S/C22H16FNO4/c1-12-9-15(10-13(2)20(12)25)21-24-18-8-3-14(11-19(18)28-21)22(26)27-17-6-4-16(23)5-7-17/h3-11,25H,1-2H3. The van der Waals surface area contributed by atoms with Gasteiger partial charge < -0.3 is 14.3 Å². The summed E-state index contributed by atoms with van der Waals surface area (Å²) < 4.78 is 24.0. The lowest BCUT2D eigenvalue weighted by atomic mass is 10.1. The number of nitrogens with zero attached hydrogens (tertiary/aromatic N) is 1. The molecule has 4 aromatic rings. The highest BCUT2D eigenvalue weighted by molar-refractivity contribution is 5.94. The Balaban J connectivity index is 1.64. The average molecular weight is 377 g/mol. The largest absolute Gasteiger partial charge is 0.507 e. The predicted molar refractivity (Wildman–Crippen MR) is 102 cm³/mol. The number of halogens is 1. The summed E-state index contributed by atoms with van der Waals surface area (Å²) >= 11 is 0. The number of hydrogen-bond acceptors (Lipinski definition) is 5. The van der Waals surface area contributed by atoms with Gasteiger partial charge in [-0.15, -0.1) is 0 Å². The SMILES string of the molecule is Cc1cc(-c2nc3ccc(C(=O)Oc4ccc(F)cc4)cc3o2)cc(C)c1O. The van der Waals surface area contributed by atoms with Gasteiger partial charge in [0, 0.05) is 5.56 Å². The first-order valence-corrected chi connectivity index (χ1v) is 8.59. The Morgan fingerprint density at radius 3 is 2.39 bits per heavy atom. The maximum absolute atomic E-state index is 13.0. The van der Waals surface area contributed by atoms with Gasteiger partial charge in [-0.25, -0.2) is 14.2 Å². The Kier molecular flexibility index (Phi) is 4.31. The van der Waals surface area contributed by atoms with Crippen LogP contribution < -0.4 is 4.74 Å². The molecule has 0 atom stereocenters. The number of benzene rings is 3. The zero-order chi connectivity index (χ0) is 19.8. The van der Waals surface area contributed by atoms with Gasteiger partial charge in [0.05, 0.1) is 5.56 Å². The van der Waals surface area contributed by atoms with E-state index in [0.717, 1.165) is 16.7 Å². The van der Waals surface area contributed by atoms with Crippen molar-refractivity contribution in [2.24, 2.45) is 0 Å². The van der Waals surface area contributed by atoms with E-state index in [1.807, 2.05) is 0 Å². The van der Waals surface area contributed by atoms with Gasteiger partial charge in [0.1, 0.15) is 22.8 Å². The molecule has 0 saturated heterocycles. The zero-order valence-corrected chi connectivity index (χ0v) is 15.2. The van der Waals surface area contributed by atoms with E-state index < -0.39 is 11.8 Å². The van der Waals surface area contributed by atoms with E-state index in [2.05, 4.69) is 4.98 Å². The molecule has 0 bridgehead atoms. The number of aromatic hydroxyl groups is 1. The molecule has 5 nitrogen and oxygen atoms in total. The second-order valence-corrected chi connectivity index (χ2v) is 6.50. The number of hydrogen-bond donors (Lipinski definition) is 1. The fraction of sp³-hybridized carbons (Fsp3) is 0.0909. The molecule has 0 spiro atoms. The molecule has 6 heteroatoms. The lowest BCUT2D eigenvalue weighted by molar-refractivity contribution is 0.0734. The summed E-state index contributed by atoms with van der Waals surface area (Å²) in [5, 5.41) is 9.93. The number of esters is 1. The third-order valence-electron chi connectivity index (χ3n) is 4.39. The second-order valence-electron chi connectivity index (χ2n) is 6.50. The lowest BCUT2D eigenvalue weighted by Crippen LogP contribution is -2.08. The number of phenols is 1. The van der Waals surface area contributed by atoms with Gasteiger partial charge in [0.2, 0.25) is 5.89 Å². The summed E-state index contributed by atoms with van der Waals surface area (Å²) in [6, 6.07) is 13.6. The Labute approximate surface area is 160 Å². The quantitative estimate of drug-likeness (QED) is 0.394. The molecule has 0 aliphatic carbocycles. The fourth-order valence-corrected chi connectivity index (χ4v) is 2.92. The summed E-state index contributed by atoms with van der Waals surface area (Å²) in [7, 11) is 0. The van der Waals surface area contributed by atoms with Gasteiger partial charge in [-0.1, -0.05) is 0 Å². The third kappa shape index (κ3) is 3.32. The van der Waals surface area contributed by atoms with Crippen molar-refractivity contribution in [1.82, 2.24) is 4.98 Å². The van der Waals surface area contributed by atoms with Crippen LogP contribution in [0.15, 0.2) is 59.0 Å². The Morgan fingerprint density at radius 1 is 1.04 bits per heavy atom. The average Bonchev–Trinajstić information content (AvgIpc) is 3.11. The molecule has 0 unspecified atom stereocenters. The van der Waals surface area contributed by atoms with Crippen LogP contribution in [0.25, 0.3) is 22.6 Å². The van der Waals surface area contributed by atoms with Gasteiger partial charge >= 0.3 is 5.97 Å². The van der Waals surface area contributed by atoms with E-state index in [1.54, 1.807) is 44.2 Å². The monoisotopic (exact) mass is 377 g/mol. The Hall–Kier alpha value is -3.67. The van der Waals surface area contributed by atoms with Gasteiger partial charge in [-0.3, -0.25) is 0 Å². The Morgan fingerprint density at radius 2 is 1.71 bits per heavy atom. The van der Waals surface area contributed by atoms with E-state index in [0.29, 0.717) is 17.0 Å². The van der Waals surface area contributed by atoms with Gasteiger partial charge in [0.25, 0.3) is 0 Å². The van der Waals surface area contributed by atoms with Crippen LogP contribution in [0.5, 0.6) is 11.5 Å². The van der Waals surface area contributed by atoms with Crippen molar-refractivity contribution >= 4 is 17.1 Å². The molecule has 140 valence electrons. The first-order chi connectivity index (χ1) is 13.4. The minimum absolute atomic E-state index is 0.241. The maximum atomic E-state index is 13.0. The highest BCUT2D eigenvalue weighted by Crippen LogP contribution is 2.31. The van der Waals surface area contributed by atoms with Crippen LogP contribution in [0.3, 0.4) is 0 Å². The fourth-order valence-electron chi connectivity index (χ4n) is 2.92. The molecule has 3 aromatic carbocycles. The first-order valence-electron chi connectivity index (χ1n) is 8.59. The van der Waals surface area contributed by atoms with Crippen molar-refractivity contribution in [2.75, 3.05) is 0 Å². The van der Waals surface area contributed by atoms with Crippen LogP contribution in [0.4, 0.5) is 4.39 Å². The number of aromatic nitrogens is 1. The number of fused-ring (bicyclic) bond motifs is 1. The molecule has 0 aliphatic heterocycles.